The van der Waals surface area contributed by atoms with Crippen molar-refractivity contribution in [2.75, 3.05) is 32.0 Å². The Labute approximate surface area is 117 Å². The number of nitrogens with one attached hydrogen (secondary N) is 3. The number of halogens is 2. The average Bonchev–Trinajstić information content (AvgIpc) is 2.90. The maximum Gasteiger partial charge on any atom is 0.254 e. The third kappa shape index (κ3) is 3.57. The molecule has 0 radical (unpaired) electrons. The van der Waals surface area contributed by atoms with Gasteiger partial charge in [-0.25, -0.2) is 4.39 Å². The summed E-state index contributed by atoms with van der Waals surface area (Å²) in [7, 11) is 1.47. The molecule has 1 aliphatic rings. The highest BCUT2D eigenvalue weighted by atomic mass is 35.5. The molecule has 0 atom stereocenters. The molecule has 0 spiro atoms. The first-order chi connectivity index (χ1) is 8.72. The van der Waals surface area contributed by atoms with Gasteiger partial charge < -0.3 is 16.0 Å². The maximum absolute atomic E-state index is 14.0. The number of anilines is 1. The lowest BCUT2D eigenvalue weighted by Crippen LogP contribution is -2.26. The Morgan fingerprint density at radius 3 is 2.95 bits per heavy atom. The highest BCUT2D eigenvalue weighted by Crippen LogP contribution is 2.17. The van der Waals surface area contributed by atoms with Crippen molar-refractivity contribution in [1.82, 2.24) is 10.6 Å². The van der Waals surface area contributed by atoms with E-state index in [2.05, 4.69) is 20.9 Å². The Hall–Kier alpha value is -1.82. The lowest BCUT2D eigenvalue weighted by Gasteiger charge is -2.10. The van der Waals surface area contributed by atoms with Crippen LogP contribution in [0.2, 0.25) is 0 Å². The van der Waals surface area contributed by atoms with Crippen LogP contribution in [0.25, 0.3) is 0 Å². The molecule has 5 nitrogen and oxygen atoms in total. The van der Waals surface area contributed by atoms with Crippen molar-refractivity contribution in [3.05, 3.63) is 29.6 Å². The lowest BCUT2D eigenvalue weighted by molar-refractivity contribution is 0.0959. The minimum absolute atomic E-state index is 0. The SMILES string of the molecule is CNC(=O)c1cccc(NCC2=NCCN2)c1F.Cl. The van der Waals surface area contributed by atoms with Gasteiger partial charge in [0.2, 0.25) is 0 Å². The highest BCUT2D eigenvalue weighted by Gasteiger charge is 2.14. The molecule has 104 valence electrons. The van der Waals surface area contributed by atoms with E-state index in [1.807, 2.05) is 0 Å². The molecule has 1 aromatic rings. The predicted molar refractivity (Wildman–Crippen MR) is 75.8 cm³/mol. The molecule has 1 heterocycles. The van der Waals surface area contributed by atoms with E-state index in [4.69, 9.17) is 0 Å². The number of amides is 1. The largest absolute Gasteiger partial charge is 0.375 e. The monoisotopic (exact) mass is 286 g/mol. The van der Waals surface area contributed by atoms with Crippen molar-refractivity contribution >= 4 is 29.8 Å². The number of aliphatic imine (C=N–C) groups is 1. The van der Waals surface area contributed by atoms with Gasteiger partial charge >= 0.3 is 0 Å². The Morgan fingerprint density at radius 2 is 2.32 bits per heavy atom. The van der Waals surface area contributed by atoms with Crippen LogP contribution < -0.4 is 16.0 Å². The summed E-state index contributed by atoms with van der Waals surface area (Å²) in [6.45, 7) is 1.99. The van der Waals surface area contributed by atoms with Crippen LogP contribution in [0, 0.1) is 5.82 Å². The van der Waals surface area contributed by atoms with Gasteiger partial charge in [-0.2, -0.15) is 0 Å². The van der Waals surface area contributed by atoms with Gasteiger partial charge in [-0.15, -0.1) is 12.4 Å². The minimum Gasteiger partial charge on any atom is -0.375 e. The summed E-state index contributed by atoms with van der Waals surface area (Å²) < 4.78 is 14.0. The summed E-state index contributed by atoms with van der Waals surface area (Å²) in [5.41, 5.74) is 0.330. The molecule has 0 aliphatic carbocycles. The minimum atomic E-state index is -0.546. The van der Waals surface area contributed by atoms with Gasteiger partial charge in [0, 0.05) is 13.6 Å². The van der Waals surface area contributed by atoms with E-state index < -0.39 is 11.7 Å². The van der Waals surface area contributed by atoms with E-state index in [1.165, 1.54) is 13.1 Å². The number of carbonyl (C=O) groups excluding carboxylic acids is 1. The zero-order chi connectivity index (χ0) is 13.0. The summed E-state index contributed by atoms with van der Waals surface area (Å²) >= 11 is 0. The molecule has 0 unspecified atom stereocenters. The number of benzene rings is 1. The summed E-state index contributed by atoms with van der Waals surface area (Å²) in [5.74, 6) is -0.178. The second kappa shape index (κ2) is 6.94. The molecule has 7 heteroatoms. The van der Waals surface area contributed by atoms with Crippen LogP contribution >= 0.6 is 12.4 Å². The number of nitrogens with zero attached hydrogens (tertiary/aromatic N) is 1. The van der Waals surface area contributed by atoms with Gasteiger partial charge in [-0.3, -0.25) is 9.79 Å². The smallest absolute Gasteiger partial charge is 0.254 e. The van der Waals surface area contributed by atoms with Crippen molar-refractivity contribution < 1.29 is 9.18 Å². The Morgan fingerprint density at radius 1 is 1.53 bits per heavy atom. The van der Waals surface area contributed by atoms with Crippen LogP contribution in [0.15, 0.2) is 23.2 Å². The van der Waals surface area contributed by atoms with Gasteiger partial charge in [-0.05, 0) is 12.1 Å². The molecular formula is C12H16ClFN4O. The highest BCUT2D eigenvalue weighted by molar-refractivity contribution is 5.95. The number of rotatable bonds is 4. The quantitative estimate of drug-likeness (QED) is 0.774. The van der Waals surface area contributed by atoms with E-state index in [0.717, 1.165) is 18.9 Å². The topological polar surface area (TPSA) is 65.5 Å². The molecule has 0 bridgehead atoms. The summed E-state index contributed by atoms with van der Waals surface area (Å²) in [5, 5.41) is 8.41. The third-order valence-electron chi connectivity index (χ3n) is 2.66. The fourth-order valence-electron chi connectivity index (χ4n) is 1.72. The molecule has 19 heavy (non-hydrogen) atoms. The predicted octanol–water partition coefficient (Wildman–Crippen LogP) is 1.02. The number of amidine groups is 1. The summed E-state index contributed by atoms with van der Waals surface area (Å²) in [4.78, 5) is 15.6. The fraction of sp³-hybridized carbons (Fsp3) is 0.333. The first kappa shape index (κ1) is 15.2. The molecule has 0 saturated heterocycles. The zero-order valence-corrected chi connectivity index (χ0v) is 11.3. The van der Waals surface area contributed by atoms with Gasteiger partial charge in [-0.1, -0.05) is 6.07 Å². The van der Waals surface area contributed by atoms with Gasteiger partial charge in [0.25, 0.3) is 5.91 Å². The van der Waals surface area contributed by atoms with Crippen molar-refractivity contribution in [2.24, 2.45) is 4.99 Å². The normalized spacial score (nSPS) is 13.1. The van der Waals surface area contributed by atoms with Crippen LogP contribution in [-0.4, -0.2) is 38.4 Å². The van der Waals surface area contributed by atoms with E-state index in [-0.39, 0.29) is 18.0 Å². The zero-order valence-electron chi connectivity index (χ0n) is 10.5. The fourth-order valence-corrected chi connectivity index (χ4v) is 1.72. The molecule has 3 N–H and O–H groups in total. The molecule has 0 aromatic heterocycles. The molecule has 1 aromatic carbocycles. The molecule has 1 aliphatic heterocycles. The number of hydrogen-bond donors (Lipinski definition) is 3. The lowest BCUT2D eigenvalue weighted by atomic mass is 10.1. The van der Waals surface area contributed by atoms with Crippen molar-refractivity contribution in [3.63, 3.8) is 0 Å². The van der Waals surface area contributed by atoms with Crippen LogP contribution in [0.3, 0.4) is 0 Å². The van der Waals surface area contributed by atoms with Crippen molar-refractivity contribution in [3.8, 4) is 0 Å². The first-order valence-corrected chi connectivity index (χ1v) is 5.74. The van der Waals surface area contributed by atoms with Gasteiger partial charge in [0.1, 0.15) is 5.84 Å². The molecular weight excluding hydrogens is 271 g/mol. The molecule has 0 fully saturated rings. The van der Waals surface area contributed by atoms with E-state index in [0.29, 0.717) is 12.2 Å². The van der Waals surface area contributed by atoms with Crippen LogP contribution in [-0.2, 0) is 0 Å². The maximum atomic E-state index is 14.0. The Kier molecular flexibility index (Phi) is 5.57. The van der Waals surface area contributed by atoms with Crippen LogP contribution in [0.5, 0.6) is 0 Å². The summed E-state index contributed by atoms with van der Waals surface area (Å²) in [6, 6.07) is 4.68. The van der Waals surface area contributed by atoms with Gasteiger partial charge in [0.05, 0.1) is 24.3 Å². The first-order valence-electron chi connectivity index (χ1n) is 5.74. The van der Waals surface area contributed by atoms with E-state index >= 15 is 0 Å². The number of hydrogen-bond acceptors (Lipinski definition) is 4. The molecule has 2 rings (SSSR count). The third-order valence-corrected chi connectivity index (χ3v) is 2.66. The standard InChI is InChI=1S/C12H15FN4O.ClH/c1-14-12(18)8-3-2-4-9(11(8)13)17-7-10-15-5-6-16-10;/h2-4,17H,5-7H2,1H3,(H,14,18)(H,15,16);1H. The average molecular weight is 287 g/mol. The summed E-state index contributed by atoms with van der Waals surface area (Å²) in [6.07, 6.45) is 0. The van der Waals surface area contributed by atoms with Crippen molar-refractivity contribution in [2.45, 2.75) is 0 Å². The Balaban J connectivity index is 0.00000180. The second-order valence-electron chi connectivity index (χ2n) is 3.85. The molecule has 1 amide bonds. The van der Waals surface area contributed by atoms with Gasteiger partial charge in [0.15, 0.2) is 5.82 Å². The number of carbonyl (C=O) groups is 1. The van der Waals surface area contributed by atoms with Crippen LogP contribution in [0.1, 0.15) is 10.4 Å². The molecule has 0 saturated carbocycles. The Bertz CT molecular complexity index is 493. The van der Waals surface area contributed by atoms with E-state index in [9.17, 15) is 9.18 Å². The van der Waals surface area contributed by atoms with Crippen molar-refractivity contribution in [1.29, 1.82) is 0 Å². The van der Waals surface area contributed by atoms with Crippen LogP contribution in [0.4, 0.5) is 10.1 Å². The van der Waals surface area contributed by atoms with E-state index in [1.54, 1.807) is 12.1 Å². The second-order valence-corrected chi connectivity index (χ2v) is 3.85.